The molecule has 0 unspecified atom stereocenters. The molecule has 24 heavy (non-hydrogen) atoms. The van der Waals surface area contributed by atoms with Gasteiger partial charge in [0, 0.05) is 0 Å². The number of nitrogens with one attached hydrogen (secondary N) is 1. The van der Waals surface area contributed by atoms with Gasteiger partial charge in [-0.15, -0.1) is 0 Å². The molecule has 0 saturated heterocycles. The van der Waals surface area contributed by atoms with Crippen molar-refractivity contribution in [1.82, 2.24) is 5.32 Å². The second kappa shape index (κ2) is 7.04. The number of ether oxygens (including phenoxy) is 3. The van der Waals surface area contributed by atoms with Crippen molar-refractivity contribution in [2.75, 3.05) is 13.4 Å². The van der Waals surface area contributed by atoms with Crippen molar-refractivity contribution in [3.8, 4) is 11.5 Å². The van der Waals surface area contributed by atoms with Crippen LogP contribution in [0.25, 0.3) is 0 Å². The number of fused-ring (bicyclic) bond motifs is 1. The van der Waals surface area contributed by atoms with Crippen LogP contribution in [0.5, 0.6) is 11.5 Å². The van der Waals surface area contributed by atoms with Crippen molar-refractivity contribution in [3.05, 3.63) is 59.7 Å². The summed E-state index contributed by atoms with van der Waals surface area (Å²) in [6, 6.07) is 13.8. The summed E-state index contributed by atoms with van der Waals surface area (Å²) in [5.41, 5.74) is 1.29. The van der Waals surface area contributed by atoms with Gasteiger partial charge in [0.05, 0.1) is 11.6 Å². The molecule has 1 N–H and O–H groups in total. The number of hydrogen-bond donors (Lipinski definition) is 1. The summed E-state index contributed by atoms with van der Waals surface area (Å²) in [7, 11) is 0. The average molecular weight is 327 g/mol. The Morgan fingerprint density at radius 2 is 1.88 bits per heavy atom. The first-order chi connectivity index (χ1) is 11.6. The molecule has 0 radical (unpaired) electrons. The number of benzene rings is 2. The van der Waals surface area contributed by atoms with Crippen LogP contribution < -0.4 is 14.8 Å². The van der Waals surface area contributed by atoms with E-state index in [4.69, 9.17) is 14.2 Å². The molecule has 3 rings (SSSR count). The van der Waals surface area contributed by atoms with Gasteiger partial charge < -0.3 is 19.5 Å². The Morgan fingerprint density at radius 3 is 2.67 bits per heavy atom. The zero-order valence-corrected chi connectivity index (χ0v) is 13.2. The van der Waals surface area contributed by atoms with Crippen LogP contribution in [0.3, 0.4) is 0 Å². The molecule has 6 nitrogen and oxygen atoms in total. The first-order valence-corrected chi connectivity index (χ1v) is 7.54. The van der Waals surface area contributed by atoms with E-state index in [1.54, 1.807) is 36.4 Å². The van der Waals surface area contributed by atoms with Gasteiger partial charge in [-0.05, 0) is 36.8 Å². The minimum Gasteiger partial charge on any atom is -0.454 e. The molecule has 2 aromatic carbocycles. The molecule has 0 fully saturated rings. The highest BCUT2D eigenvalue weighted by atomic mass is 16.7. The minimum atomic E-state index is -0.526. The first-order valence-electron chi connectivity index (χ1n) is 7.54. The molecular weight excluding hydrogens is 310 g/mol. The SMILES string of the molecule is C[C@H](NC(=O)COC(=O)c1ccccc1)c1ccc2c(c1)OCO2. The van der Waals surface area contributed by atoms with Crippen molar-refractivity contribution in [2.24, 2.45) is 0 Å². The summed E-state index contributed by atoms with van der Waals surface area (Å²) in [5, 5.41) is 2.78. The molecule has 2 aromatic rings. The van der Waals surface area contributed by atoms with Gasteiger partial charge in [0.15, 0.2) is 18.1 Å². The Morgan fingerprint density at radius 1 is 1.12 bits per heavy atom. The molecule has 0 aliphatic carbocycles. The second-order valence-electron chi connectivity index (χ2n) is 5.34. The average Bonchev–Trinajstić information content (AvgIpc) is 3.08. The lowest BCUT2D eigenvalue weighted by Gasteiger charge is -2.15. The van der Waals surface area contributed by atoms with Crippen LogP contribution in [0, 0.1) is 0 Å². The lowest BCUT2D eigenvalue weighted by atomic mass is 10.1. The molecule has 1 aliphatic rings. The van der Waals surface area contributed by atoms with Gasteiger partial charge >= 0.3 is 5.97 Å². The summed E-state index contributed by atoms with van der Waals surface area (Å²) in [5.74, 6) is 0.448. The third kappa shape index (κ3) is 3.65. The molecule has 0 bridgehead atoms. The summed E-state index contributed by atoms with van der Waals surface area (Å²) < 4.78 is 15.6. The fourth-order valence-corrected chi connectivity index (χ4v) is 2.34. The largest absolute Gasteiger partial charge is 0.454 e. The quantitative estimate of drug-likeness (QED) is 0.854. The number of hydrogen-bond acceptors (Lipinski definition) is 5. The number of carbonyl (C=O) groups excluding carboxylic acids is 2. The summed E-state index contributed by atoms with van der Waals surface area (Å²) in [6.07, 6.45) is 0. The van der Waals surface area contributed by atoms with Crippen LogP contribution in [-0.2, 0) is 9.53 Å². The van der Waals surface area contributed by atoms with Crippen molar-refractivity contribution in [3.63, 3.8) is 0 Å². The molecule has 1 atom stereocenters. The maximum absolute atomic E-state index is 12.0. The van der Waals surface area contributed by atoms with Gasteiger partial charge in [0.2, 0.25) is 6.79 Å². The fourth-order valence-electron chi connectivity index (χ4n) is 2.34. The smallest absolute Gasteiger partial charge is 0.338 e. The van der Waals surface area contributed by atoms with Gasteiger partial charge in [-0.25, -0.2) is 4.79 Å². The summed E-state index contributed by atoms with van der Waals surface area (Å²) in [6.45, 7) is 1.71. The summed E-state index contributed by atoms with van der Waals surface area (Å²) >= 11 is 0. The van der Waals surface area contributed by atoms with Gasteiger partial charge in [-0.1, -0.05) is 24.3 Å². The lowest BCUT2D eigenvalue weighted by molar-refractivity contribution is -0.124. The van der Waals surface area contributed by atoms with Crippen molar-refractivity contribution in [1.29, 1.82) is 0 Å². The normalized spacial score (nSPS) is 13.2. The highest BCUT2D eigenvalue weighted by molar-refractivity contribution is 5.91. The Kier molecular flexibility index (Phi) is 4.65. The van der Waals surface area contributed by atoms with E-state index in [1.807, 2.05) is 19.1 Å². The van der Waals surface area contributed by atoms with Crippen LogP contribution in [0.1, 0.15) is 28.9 Å². The molecule has 0 spiro atoms. The van der Waals surface area contributed by atoms with Crippen LogP contribution in [0.4, 0.5) is 0 Å². The van der Waals surface area contributed by atoms with Crippen molar-refractivity contribution in [2.45, 2.75) is 13.0 Å². The topological polar surface area (TPSA) is 73.9 Å². The molecular formula is C18H17NO5. The maximum Gasteiger partial charge on any atom is 0.338 e. The van der Waals surface area contributed by atoms with E-state index in [-0.39, 0.29) is 25.3 Å². The third-order valence-corrected chi connectivity index (χ3v) is 3.62. The molecule has 0 aromatic heterocycles. The number of amides is 1. The van der Waals surface area contributed by atoms with E-state index >= 15 is 0 Å². The van der Waals surface area contributed by atoms with E-state index in [1.165, 1.54) is 0 Å². The van der Waals surface area contributed by atoms with E-state index in [0.717, 1.165) is 5.56 Å². The zero-order chi connectivity index (χ0) is 16.9. The zero-order valence-electron chi connectivity index (χ0n) is 13.2. The fraction of sp³-hybridized carbons (Fsp3) is 0.222. The first kappa shape index (κ1) is 15.9. The predicted octanol–water partition coefficient (Wildman–Crippen LogP) is 2.45. The highest BCUT2D eigenvalue weighted by Crippen LogP contribution is 2.34. The minimum absolute atomic E-state index is 0.203. The molecule has 0 saturated carbocycles. The Hall–Kier alpha value is -3.02. The number of esters is 1. The Labute approximate surface area is 139 Å². The Bertz CT molecular complexity index is 744. The van der Waals surface area contributed by atoms with Gasteiger partial charge in [-0.3, -0.25) is 4.79 Å². The van der Waals surface area contributed by atoms with Crippen LogP contribution >= 0.6 is 0 Å². The molecule has 1 aliphatic heterocycles. The molecule has 124 valence electrons. The standard InChI is InChI=1S/C18H17NO5/c1-12(14-7-8-15-16(9-14)24-11-23-15)19-17(20)10-22-18(21)13-5-3-2-4-6-13/h2-9,12H,10-11H2,1H3,(H,19,20)/t12-/m0/s1. The number of carbonyl (C=O) groups is 2. The van der Waals surface area contributed by atoms with E-state index in [0.29, 0.717) is 17.1 Å². The third-order valence-electron chi connectivity index (χ3n) is 3.62. The van der Waals surface area contributed by atoms with E-state index in [2.05, 4.69) is 5.32 Å². The van der Waals surface area contributed by atoms with Crippen LogP contribution in [0.2, 0.25) is 0 Å². The number of rotatable bonds is 5. The monoisotopic (exact) mass is 327 g/mol. The second-order valence-corrected chi connectivity index (χ2v) is 5.34. The molecule has 1 heterocycles. The van der Waals surface area contributed by atoms with Crippen molar-refractivity contribution >= 4 is 11.9 Å². The van der Waals surface area contributed by atoms with Crippen LogP contribution in [-0.4, -0.2) is 25.3 Å². The van der Waals surface area contributed by atoms with Gasteiger partial charge in [-0.2, -0.15) is 0 Å². The molecule has 6 heteroatoms. The van der Waals surface area contributed by atoms with Gasteiger partial charge in [0.25, 0.3) is 5.91 Å². The van der Waals surface area contributed by atoms with E-state index in [9.17, 15) is 9.59 Å². The highest BCUT2D eigenvalue weighted by Gasteiger charge is 2.17. The van der Waals surface area contributed by atoms with Crippen LogP contribution in [0.15, 0.2) is 48.5 Å². The van der Waals surface area contributed by atoms with Crippen molar-refractivity contribution < 1.29 is 23.8 Å². The van der Waals surface area contributed by atoms with E-state index < -0.39 is 5.97 Å². The Balaban J connectivity index is 1.52. The summed E-state index contributed by atoms with van der Waals surface area (Å²) in [4.78, 5) is 23.8. The lowest BCUT2D eigenvalue weighted by Crippen LogP contribution is -2.31. The molecule has 1 amide bonds. The predicted molar refractivity (Wildman–Crippen MR) is 85.8 cm³/mol. The van der Waals surface area contributed by atoms with Gasteiger partial charge in [0.1, 0.15) is 0 Å². The maximum atomic E-state index is 12.0.